The van der Waals surface area contributed by atoms with E-state index < -0.39 is 26.5 Å². The minimum atomic E-state index is -3.85. The summed E-state index contributed by atoms with van der Waals surface area (Å²) in [6.07, 6.45) is 0. The van der Waals surface area contributed by atoms with E-state index in [4.69, 9.17) is 9.47 Å². The molecule has 1 rings (SSSR count). The van der Waals surface area contributed by atoms with Crippen molar-refractivity contribution in [2.75, 3.05) is 14.2 Å². The van der Waals surface area contributed by atoms with Crippen LogP contribution >= 0.6 is 0 Å². The second kappa shape index (κ2) is 6.78. The predicted molar refractivity (Wildman–Crippen MR) is 88.8 cm³/mol. The lowest BCUT2D eigenvalue weighted by molar-refractivity contribution is -0.121. The Hall–Kier alpha value is -1.76. The van der Waals surface area contributed by atoms with Crippen molar-refractivity contribution in [2.45, 2.75) is 50.3 Å². The molecule has 130 valence electrons. The number of nitrogens with one attached hydrogen (secondary N) is 1. The van der Waals surface area contributed by atoms with E-state index in [1.807, 2.05) is 0 Å². The quantitative estimate of drug-likeness (QED) is 0.885. The molecule has 0 fully saturated rings. The van der Waals surface area contributed by atoms with Crippen molar-refractivity contribution >= 4 is 15.7 Å². The summed E-state index contributed by atoms with van der Waals surface area (Å²) in [5, 5.41) is 1.48. The Morgan fingerprint density at radius 3 is 2.04 bits per heavy atom. The molecule has 1 aromatic carbocycles. The van der Waals surface area contributed by atoms with E-state index >= 15 is 0 Å². The van der Waals surface area contributed by atoms with Gasteiger partial charge in [0.25, 0.3) is 0 Å². The molecule has 6 nitrogen and oxygen atoms in total. The Labute approximate surface area is 138 Å². The molecule has 0 aliphatic heterocycles. The van der Waals surface area contributed by atoms with Gasteiger partial charge in [-0.2, -0.15) is 0 Å². The first-order valence-corrected chi connectivity index (χ1v) is 8.77. The summed E-state index contributed by atoms with van der Waals surface area (Å²) < 4.78 is 35.9. The Kier molecular flexibility index (Phi) is 5.69. The molecule has 0 saturated heterocycles. The topological polar surface area (TPSA) is 81.7 Å². The number of rotatable bonds is 5. The highest BCUT2D eigenvalue weighted by molar-refractivity contribution is 7.92. The minimum absolute atomic E-state index is 0.0618. The molecule has 0 bridgehead atoms. The van der Waals surface area contributed by atoms with E-state index in [-0.39, 0.29) is 4.90 Å². The molecular weight excluding hydrogens is 318 g/mol. The molecule has 0 aliphatic rings. The van der Waals surface area contributed by atoms with Crippen LogP contribution in [0, 0.1) is 6.92 Å². The van der Waals surface area contributed by atoms with Gasteiger partial charge in [0, 0.05) is 11.6 Å². The van der Waals surface area contributed by atoms with Crippen LogP contribution in [0.4, 0.5) is 0 Å². The average Bonchev–Trinajstić information content (AvgIpc) is 2.43. The van der Waals surface area contributed by atoms with E-state index in [0.717, 1.165) is 0 Å². The van der Waals surface area contributed by atoms with Gasteiger partial charge in [0.2, 0.25) is 5.91 Å². The van der Waals surface area contributed by atoms with Crippen LogP contribution in [0.1, 0.15) is 33.3 Å². The largest absolute Gasteiger partial charge is 0.493 e. The summed E-state index contributed by atoms with van der Waals surface area (Å²) in [6.45, 7) is 8.43. The molecule has 0 aliphatic carbocycles. The minimum Gasteiger partial charge on any atom is -0.493 e. The van der Waals surface area contributed by atoms with Crippen LogP contribution in [-0.2, 0) is 14.6 Å². The molecule has 0 heterocycles. The third-order valence-corrected chi connectivity index (χ3v) is 5.52. The van der Waals surface area contributed by atoms with Gasteiger partial charge in [0.05, 0.1) is 19.1 Å². The summed E-state index contributed by atoms with van der Waals surface area (Å²) in [7, 11) is -0.939. The van der Waals surface area contributed by atoms with Crippen molar-refractivity contribution in [3.05, 3.63) is 17.7 Å². The van der Waals surface area contributed by atoms with Gasteiger partial charge in [-0.25, -0.2) is 8.42 Å². The van der Waals surface area contributed by atoms with Crippen molar-refractivity contribution in [1.82, 2.24) is 5.32 Å². The number of carbonyl (C=O) groups excluding carboxylic acids is 1. The smallest absolute Gasteiger partial charge is 0.238 e. The molecule has 0 aromatic heterocycles. The van der Waals surface area contributed by atoms with Gasteiger partial charge in [0.15, 0.2) is 21.3 Å². The zero-order valence-corrected chi connectivity index (χ0v) is 15.5. The third kappa shape index (κ3) is 4.37. The molecule has 0 spiro atoms. The van der Waals surface area contributed by atoms with Crippen LogP contribution in [0.3, 0.4) is 0 Å². The maximum Gasteiger partial charge on any atom is 0.238 e. The van der Waals surface area contributed by atoms with E-state index in [2.05, 4.69) is 5.32 Å². The van der Waals surface area contributed by atoms with Crippen LogP contribution < -0.4 is 14.8 Å². The zero-order valence-electron chi connectivity index (χ0n) is 14.7. The number of hydrogen-bond acceptors (Lipinski definition) is 5. The van der Waals surface area contributed by atoms with Crippen molar-refractivity contribution in [3.8, 4) is 11.5 Å². The first-order chi connectivity index (χ1) is 10.4. The Bertz CT molecular complexity index is 689. The number of hydrogen-bond donors (Lipinski definition) is 1. The number of amides is 1. The molecule has 1 atom stereocenters. The van der Waals surface area contributed by atoms with E-state index in [0.29, 0.717) is 17.1 Å². The van der Waals surface area contributed by atoms with E-state index in [9.17, 15) is 13.2 Å². The molecule has 0 radical (unpaired) electrons. The number of benzene rings is 1. The van der Waals surface area contributed by atoms with Gasteiger partial charge in [-0.1, -0.05) is 0 Å². The third-order valence-electron chi connectivity index (χ3n) is 3.32. The fraction of sp³-hybridized carbons (Fsp3) is 0.562. The normalized spacial score (nSPS) is 13.3. The van der Waals surface area contributed by atoms with Crippen LogP contribution in [0.5, 0.6) is 11.5 Å². The van der Waals surface area contributed by atoms with Crippen LogP contribution in [-0.4, -0.2) is 39.3 Å². The Balaban J connectivity index is 3.30. The monoisotopic (exact) mass is 343 g/mol. The van der Waals surface area contributed by atoms with Crippen LogP contribution in [0.2, 0.25) is 0 Å². The number of carbonyl (C=O) groups is 1. The van der Waals surface area contributed by atoms with Crippen molar-refractivity contribution in [3.63, 3.8) is 0 Å². The average molecular weight is 343 g/mol. The molecule has 1 amide bonds. The molecule has 0 saturated carbocycles. The van der Waals surface area contributed by atoms with Gasteiger partial charge in [-0.3, -0.25) is 4.79 Å². The Morgan fingerprint density at radius 1 is 1.13 bits per heavy atom. The second-order valence-electron chi connectivity index (χ2n) is 6.40. The summed E-state index contributed by atoms with van der Waals surface area (Å²) in [5.41, 5.74) is -0.00824. The van der Waals surface area contributed by atoms with Gasteiger partial charge in [-0.05, 0) is 46.2 Å². The van der Waals surface area contributed by atoms with Gasteiger partial charge < -0.3 is 14.8 Å². The second-order valence-corrected chi connectivity index (χ2v) is 8.64. The lowest BCUT2D eigenvalue weighted by Crippen LogP contribution is -2.47. The maximum absolute atomic E-state index is 12.8. The lowest BCUT2D eigenvalue weighted by Gasteiger charge is -2.23. The van der Waals surface area contributed by atoms with Gasteiger partial charge >= 0.3 is 0 Å². The van der Waals surface area contributed by atoms with Crippen molar-refractivity contribution in [1.29, 1.82) is 0 Å². The van der Waals surface area contributed by atoms with Gasteiger partial charge in [-0.15, -0.1) is 0 Å². The molecule has 0 unspecified atom stereocenters. The highest BCUT2D eigenvalue weighted by Gasteiger charge is 2.33. The van der Waals surface area contributed by atoms with E-state index in [1.165, 1.54) is 27.2 Å². The maximum atomic E-state index is 12.8. The van der Waals surface area contributed by atoms with Crippen LogP contribution in [0.15, 0.2) is 17.0 Å². The molecule has 7 heteroatoms. The zero-order chi connectivity index (χ0) is 18.0. The van der Waals surface area contributed by atoms with E-state index in [1.54, 1.807) is 33.8 Å². The fourth-order valence-electron chi connectivity index (χ4n) is 2.07. The first-order valence-electron chi connectivity index (χ1n) is 7.22. The number of methoxy groups -OCH3 is 2. The molecular formula is C16H25NO5S. The summed E-state index contributed by atoms with van der Waals surface area (Å²) in [4.78, 5) is 12.3. The summed E-state index contributed by atoms with van der Waals surface area (Å²) in [6, 6.07) is 2.98. The number of sulfone groups is 1. The molecule has 1 N–H and O–H groups in total. The van der Waals surface area contributed by atoms with Crippen molar-refractivity contribution in [2.24, 2.45) is 0 Å². The SMILES string of the molecule is COc1cc(C)c(S(=O)(=O)[C@@H](C)C(=O)NC(C)(C)C)cc1OC. The summed E-state index contributed by atoms with van der Waals surface area (Å²) >= 11 is 0. The highest BCUT2D eigenvalue weighted by atomic mass is 32.2. The highest BCUT2D eigenvalue weighted by Crippen LogP contribution is 2.33. The predicted octanol–water partition coefficient (Wildman–Crippen LogP) is 2.09. The molecule has 1 aromatic rings. The van der Waals surface area contributed by atoms with Gasteiger partial charge in [0.1, 0.15) is 5.25 Å². The number of ether oxygens (including phenoxy) is 2. The fourth-order valence-corrected chi connectivity index (χ4v) is 3.57. The lowest BCUT2D eigenvalue weighted by atomic mass is 10.1. The van der Waals surface area contributed by atoms with Crippen LogP contribution in [0.25, 0.3) is 0 Å². The van der Waals surface area contributed by atoms with Crippen molar-refractivity contribution < 1.29 is 22.7 Å². The molecule has 23 heavy (non-hydrogen) atoms. The first kappa shape index (κ1) is 19.3. The number of aryl methyl sites for hydroxylation is 1. The standard InChI is InChI=1S/C16H25NO5S/c1-10-8-12(21-6)13(22-7)9-14(10)23(19,20)11(2)15(18)17-16(3,4)5/h8-9,11H,1-7H3,(H,17,18)/t11-/m0/s1. The summed E-state index contributed by atoms with van der Waals surface area (Å²) in [5.74, 6) is 0.211. The Morgan fingerprint density at radius 2 is 1.61 bits per heavy atom.